The molecule has 0 bridgehead atoms. The molecule has 3 aromatic rings. The van der Waals surface area contributed by atoms with Crippen LogP contribution in [0.1, 0.15) is 11.7 Å². The maximum Gasteiger partial charge on any atom is 0.246 e. The van der Waals surface area contributed by atoms with E-state index in [4.69, 9.17) is 16.7 Å². The van der Waals surface area contributed by atoms with Gasteiger partial charge in [0, 0.05) is 6.20 Å². The molecule has 0 unspecified atom stereocenters. The summed E-state index contributed by atoms with van der Waals surface area (Å²) in [6.45, 7) is 2.13. The van der Waals surface area contributed by atoms with Crippen LogP contribution in [0.3, 0.4) is 0 Å². The fraction of sp³-hybridized carbons (Fsp3) is 0.182. The molecular formula is C11H10N6OS. The Hall–Kier alpha value is -2.35. The number of aromatic amines is 1. The average Bonchev–Trinajstić information content (AvgIpc) is 2.99. The van der Waals surface area contributed by atoms with E-state index < -0.39 is 0 Å². The summed E-state index contributed by atoms with van der Waals surface area (Å²) in [4.78, 5) is 8.41. The van der Waals surface area contributed by atoms with Gasteiger partial charge in [-0.15, -0.1) is 0 Å². The third-order valence-corrected chi connectivity index (χ3v) is 2.83. The third-order valence-electron chi connectivity index (χ3n) is 2.52. The van der Waals surface area contributed by atoms with Gasteiger partial charge in [0.15, 0.2) is 16.4 Å². The van der Waals surface area contributed by atoms with E-state index in [0.717, 1.165) is 5.69 Å². The second-order valence-corrected chi connectivity index (χ2v) is 4.28. The Morgan fingerprint density at radius 3 is 3.00 bits per heavy atom. The molecule has 0 amide bonds. The first-order chi connectivity index (χ1) is 9.24. The quantitative estimate of drug-likeness (QED) is 0.732. The van der Waals surface area contributed by atoms with Crippen LogP contribution in [0.15, 0.2) is 28.9 Å². The van der Waals surface area contributed by atoms with E-state index in [1.807, 2.05) is 18.2 Å². The van der Waals surface area contributed by atoms with Gasteiger partial charge in [-0.1, -0.05) is 11.2 Å². The van der Waals surface area contributed by atoms with Crippen molar-refractivity contribution in [2.75, 3.05) is 0 Å². The van der Waals surface area contributed by atoms with Gasteiger partial charge < -0.3 is 4.52 Å². The van der Waals surface area contributed by atoms with Crippen molar-refractivity contribution >= 4 is 12.2 Å². The zero-order valence-corrected chi connectivity index (χ0v) is 10.9. The van der Waals surface area contributed by atoms with Crippen molar-refractivity contribution in [2.24, 2.45) is 0 Å². The number of pyridine rings is 1. The number of hydrogen-bond acceptors (Lipinski definition) is 6. The summed E-state index contributed by atoms with van der Waals surface area (Å²) in [5.41, 5.74) is 0.728. The van der Waals surface area contributed by atoms with Gasteiger partial charge in [-0.05, 0) is 31.3 Å². The Balaban J connectivity index is 2.02. The summed E-state index contributed by atoms with van der Waals surface area (Å²) in [5.74, 6) is 1.71. The molecule has 0 saturated carbocycles. The molecule has 1 N–H and O–H groups in total. The molecule has 7 nitrogen and oxygen atoms in total. The molecule has 0 radical (unpaired) electrons. The Bertz CT molecular complexity index is 744. The lowest BCUT2D eigenvalue weighted by Crippen LogP contribution is -2.03. The summed E-state index contributed by atoms with van der Waals surface area (Å²) >= 11 is 5.21. The molecule has 0 spiro atoms. The van der Waals surface area contributed by atoms with E-state index in [-0.39, 0.29) is 0 Å². The van der Waals surface area contributed by atoms with Crippen LogP contribution in [0.5, 0.6) is 0 Å². The van der Waals surface area contributed by atoms with E-state index in [2.05, 4.69) is 25.3 Å². The lowest BCUT2D eigenvalue weighted by molar-refractivity contribution is 0.367. The fourth-order valence-electron chi connectivity index (χ4n) is 1.69. The monoisotopic (exact) mass is 274 g/mol. The zero-order chi connectivity index (χ0) is 13.2. The molecule has 0 fully saturated rings. The average molecular weight is 274 g/mol. The first-order valence-electron chi connectivity index (χ1n) is 5.60. The topological polar surface area (TPSA) is 85.4 Å². The predicted octanol–water partition coefficient (Wildman–Crippen LogP) is 1.74. The molecule has 3 aromatic heterocycles. The van der Waals surface area contributed by atoms with Crippen LogP contribution in [-0.2, 0) is 6.54 Å². The molecule has 3 heterocycles. The molecular weight excluding hydrogens is 264 g/mol. The number of rotatable bonds is 3. The highest BCUT2D eigenvalue weighted by Gasteiger charge is 2.12. The second-order valence-electron chi connectivity index (χ2n) is 3.89. The van der Waals surface area contributed by atoms with Crippen molar-refractivity contribution in [1.82, 2.24) is 29.9 Å². The Morgan fingerprint density at radius 1 is 1.42 bits per heavy atom. The van der Waals surface area contributed by atoms with Gasteiger partial charge in [-0.3, -0.25) is 14.6 Å². The summed E-state index contributed by atoms with van der Waals surface area (Å²) in [7, 11) is 0. The third kappa shape index (κ3) is 2.29. The van der Waals surface area contributed by atoms with E-state index >= 15 is 0 Å². The number of nitrogens with one attached hydrogen (secondary N) is 1. The van der Waals surface area contributed by atoms with Gasteiger partial charge in [-0.25, -0.2) is 0 Å². The van der Waals surface area contributed by atoms with Gasteiger partial charge in [0.2, 0.25) is 5.89 Å². The first-order valence-corrected chi connectivity index (χ1v) is 6.00. The van der Waals surface area contributed by atoms with Crippen LogP contribution < -0.4 is 0 Å². The van der Waals surface area contributed by atoms with Crippen LogP contribution in [-0.4, -0.2) is 29.9 Å². The molecule has 0 aliphatic heterocycles. The van der Waals surface area contributed by atoms with E-state index in [1.165, 1.54) is 0 Å². The number of hydrogen-bond donors (Lipinski definition) is 1. The summed E-state index contributed by atoms with van der Waals surface area (Å²) in [6, 6.07) is 5.60. The standard InChI is InChI=1S/C11H10N6OS/c1-7-13-9(18-16-7)6-17-10(14-15-11(17)19)8-4-2-3-5-12-8/h2-5H,6H2,1H3,(H,15,19). The predicted molar refractivity (Wildman–Crippen MR) is 68.8 cm³/mol. The SMILES string of the molecule is Cc1noc(Cn2c(-c3ccccn3)n[nH]c2=S)n1. The minimum absolute atomic E-state index is 0.363. The zero-order valence-electron chi connectivity index (χ0n) is 10.1. The highest BCUT2D eigenvalue weighted by molar-refractivity contribution is 7.71. The molecule has 19 heavy (non-hydrogen) atoms. The maximum absolute atomic E-state index is 5.21. The van der Waals surface area contributed by atoms with Gasteiger partial charge in [-0.2, -0.15) is 10.1 Å². The number of aryl methyl sites for hydroxylation is 1. The van der Waals surface area contributed by atoms with Crippen LogP contribution in [0.25, 0.3) is 11.5 Å². The van der Waals surface area contributed by atoms with Crippen LogP contribution in [0.2, 0.25) is 0 Å². The normalized spacial score (nSPS) is 10.8. The number of nitrogens with zero attached hydrogens (tertiary/aromatic N) is 5. The molecule has 96 valence electrons. The van der Waals surface area contributed by atoms with Crippen LogP contribution in [0.4, 0.5) is 0 Å². The first kappa shape index (κ1) is 11.7. The van der Waals surface area contributed by atoms with Gasteiger partial charge in [0.25, 0.3) is 0 Å². The Morgan fingerprint density at radius 2 is 2.32 bits per heavy atom. The molecule has 8 heteroatoms. The number of aromatic nitrogens is 6. The van der Waals surface area contributed by atoms with Crippen molar-refractivity contribution in [1.29, 1.82) is 0 Å². The molecule has 0 aliphatic carbocycles. The summed E-state index contributed by atoms with van der Waals surface area (Å²) in [6.07, 6.45) is 1.70. The second kappa shape index (κ2) is 4.73. The molecule has 0 aliphatic rings. The lowest BCUT2D eigenvalue weighted by Gasteiger charge is -2.02. The van der Waals surface area contributed by atoms with Crippen molar-refractivity contribution in [3.63, 3.8) is 0 Å². The van der Waals surface area contributed by atoms with Crippen LogP contribution >= 0.6 is 12.2 Å². The highest BCUT2D eigenvalue weighted by atomic mass is 32.1. The van der Waals surface area contributed by atoms with Gasteiger partial charge >= 0.3 is 0 Å². The van der Waals surface area contributed by atoms with Gasteiger partial charge in [0.1, 0.15) is 12.2 Å². The molecule has 0 saturated heterocycles. The Labute approximate surface area is 113 Å². The highest BCUT2D eigenvalue weighted by Crippen LogP contribution is 2.15. The van der Waals surface area contributed by atoms with E-state index in [1.54, 1.807) is 17.7 Å². The van der Waals surface area contributed by atoms with Crippen molar-refractivity contribution in [2.45, 2.75) is 13.5 Å². The maximum atomic E-state index is 5.21. The lowest BCUT2D eigenvalue weighted by atomic mass is 10.3. The van der Waals surface area contributed by atoms with Crippen LogP contribution in [0, 0.1) is 11.7 Å². The van der Waals surface area contributed by atoms with Crippen molar-refractivity contribution in [3.8, 4) is 11.5 Å². The van der Waals surface area contributed by atoms with Crippen molar-refractivity contribution < 1.29 is 4.52 Å². The minimum atomic E-state index is 0.363. The summed E-state index contributed by atoms with van der Waals surface area (Å²) < 4.78 is 7.34. The fourth-order valence-corrected chi connectivity index (χ4v) is 1.89. The van der Waals surface area contributed by atoms with Crippen molar-refractivity contribution in [3.05, 3.63) is 40.9 Å². The molecule has 0 atom stereocenters. The largest absolute Gasteiger partial charge is 0.337 e. The molecule has 0 aromatic carbocycles. The summed E-state index contributed by atoms with van der Waals surface area (Å²) in [5, 5.41) is 10.7. The molecule has 3 rings (SSSR count). The van der Waals surface area contributed by atoms with E-state index in [9.17, 15) is 0 Å². The van der Waals surface area contributed by atoms with Gasteiger partial charge in [0.05, 0.1) is 0 Å². The number of H-pyrrole nitrogens is 1. The smallest absolute Gasteiger partial charge is 0.246 e. The Kier molecular flexibility index (Phi) is 2.92. The minimum Gasteiger partial charge on any atom is -0.337 e. The van der Waals surface area contributed by atoms with E-state index in [0.29, 0.717) is 28.9 Å².